The van der Waals surface area contributed by atoms with E-state index >= 15 is 0 Å². The third kappa shape index (κ3) is 2.81. The highest BCUT2D eigenvalue weighted by Crippen LogP contribution is 2.47. The van der Waals surface area contributed by atoms with Gasteiger partial charge in [0.15, 0.2) is 0 Å². The van der Waals surface area contributed by atoms with E-state index < -0.39 is 0 Å². The molecule has 0 bridgehead atoms. The maximum atomic E-state index is 3.67. The van der Waals surface area contributed by atoms with Crippen LogP contribution in [0, 0.1) is 5.92 Å². The van der Waals surface area contributed by atoms with E-state index in [0.29, 0.717) is 11.8 Å². The van der Waals surface area contributed by atoms with Crippen molar-refractivity contribution in [3.8, 4) is 16.8 Å². The second-order valence-electron chi connectivity index (χ2n) is 8.88. The van der Waals surface area contributed by atoms with Gasteiger partial charge in [-0.15, -0.1) is 0 Å². The first-order valence-corrected chi connectivity index (χ1v) is 11.8. The van der Waals surface area contributed by atoms with Gasteiger partial charge < -0.3 is 4.57 Å². The molecule has 1 heterocycles. The Bertz CT molecular complexity index is 1460. The minimum absolute atomic E-state index is 0.480. The van der Waals surface area contributed by atoms with Gasteiger partial charge >= 0.3 is 0 Å². The predicted molar refractivity (Wildman–Crippen MR) is 135 cm³/mol. The number of hydrogen-bond donors (Lipinski definition) is 0. The van der Waals surface area contributed by atoms with Gasteiger partial charge in [-0.3, -0.25) is 0 Å². The molecule has 0 saturated heterocycles. The number of rotatable bonds is 1. The molecule has 0 radical (unpaired) electrons. The highest BCUT2D eigenvalue weighted by molar-refractivity contribution is 9.10. The molecule has 6 rings (SSSR count). The summed E-state index contributed by atoms with van der Waals surface area (Å²) in [6.45, 7) is 4.82. The molecule has 1 nitrogen and oxygen atoms in total. The SMILES string of the molecule is CC1Cc2ccccc2-c2ccc3c(c2[C@H]1C)c1ccccc1n3-c1cccc(Br)c1. The molecule has 152 valence electrons. The van der Waals surface area contributed by atoms with Crippen LogP contribution < -0.4 is 0 Å². The lowest BCUT2D eigenvalue weighted by molar-refractivity contribution is 0.493. The maximum Gasteiger partial charge on any atom is 0.0544 e. The fraction of sp³-hybridized carbons (Fsp3) is 0.172. The van der Waals surface area contributed by atoms with Crippen molar-refractivity contribution in [3.63, 3.8) is 0 Å². The second-order valence-corrected chi connectivity index (χ2v) is 9.80. The summed E-state index contributed by atoms with van der Waals surface area (Å²) in [6, 6.07) is 31.1. The largest absolute Gasteiger partial charge is 0.309 e. The standard InChI is InChI=1S/C29H24BrN/c1-18-16-20-8-3-4-11-23(20)24-14-15-27-29(28(24)19(18)2)25-12-5-6-13-26(25)31(27)22-10-7-9-21(30)17-22/h3-15,17-19H,16H2,1-2H3/t18?,19-/m0/s1. The fourth-order valence-electron chi connectivity index (χ4n) is 5.46. The average Bonchev–Trinajstić information content (AvgIpc) is 3.07. The van der Waals surface area contributed by atoms with Crippen LogP contribution in [0.4, 0.5) is 0 Å². The highest BCUT2D eigenvalue weighted by Gasteiger charge is 2.28. The number of hydrogen-bond acceptors (Lipinski definition) is 0. The Morgan fingerprint density at radius 3 is 2.45 bits per heavy atom. The number of aromatic nitrogens is 1. The molecule has 0 amide bonds. The first-order chi connectivity index (χ1) is 15.1. The van der Waals surface area contributed by atoms with Crippen molar-refractivity contribution >= 4 is 37.7 Å². The van der Waals surface area contributed by atoms with Gasteiger partial charge in [0.1, 0.15) is 0 Å². The van der Waals surface area contributed by atoms with Crippen molar-refractivity contribution in [2.24, 2.45) is 5.92 Å². The van der Waals surface area contributed by atoms with E-state index in [1.54, 1.807) is 0 Å². The molecule has 1 aromatic heterocycles. The fourth-order valence-corrected chi connectivity index (χ4v) is 5.84. The van der Waals surface area contributed by atoms with Crippen LogP contribution in [0.5, 0.6) is 0 Å². The number of nitrogens with zero attached hydrogens (tertiary/aromatic N) is 1. The molecule has 2 atom stereocenters. The van der Waals surface area contributed by atoms with Crippen LogP contribution >= 0.6 is 15.9 Å². The summed E-state index contributed by atoms with van der Waals surface area (Å²) < 4.78 is 3.52. The predicted octanol–water partition coefficient (Wildman–Crippen LogP) is 8.51. The Kier molecular flexibility index (Phi) is 4.33. The van der Waals surface area contributed by atoms with Crippen molar-refractivity contribution < 1.29 is 0 Å². The summed E-state index contributed by atoms with van der Waals surface area (Å²) in [5.41, 5.74) is 9.51. The lowest BCUT2D eigenvalue weighted by Gasteiger charge is -2.20. The molecule has 1 aliphatic carbocycles. The number of benzene rings is 4. The van der Waals surface area contributed by atoms with E-state index in [0.717, 1.165) is 10.9 Å². The summed E-state index contributed by atoms with van der Waals surface area (Å²) >= 11 is 3.67. The normalized spacial score (nSPS) is 18.0. The molecular formula is C29H24BrN. The number of para-hydroxylation sites is 1. The topological polar surface area (TPSA) is 4.93 Å². The number of fused-ring (bicyclic) bond motifs is 7. The molecule has 1 aliphatic rings. The van der Waals surface area contributed by atoms with E-state index in [-0.39, 0.29) is 0 Å². The second kappa shape index (κ2) is 7.10. The molecule has 5 aromatic rings. The monoisotopic (exact) mass is 465 g/mol. The minimum atomic E-state index is 0.480. The zero-order chi connectivity index (χ0) is 21.1. The summed E-state index contributed by atoms with van der Waals surface area (Å²) in [6.07, 6.45) is 1.12. The highest BCUT2D eigenvalue weighted by atomic mass is 79.9. The van der Waals surface area contributed by atoms with Crippen molar-refractivity contribution in [3.05, 3.63) is 101 Å². The zero-order valence-electron chi connectivity index (χ0n) is 17.8. The molecule has 4 aromatic carbocycles. The van der Waals surface area contributed by atoms with Gasteiger partial charge in [0, 0.05) is 20.9 Å². The van der Waals surface area contributed by atoms with Gasteiger partial charge in [0.2, 0.25) is 0 Å². The minimum Gasteiger partial charge on any atom is -0.309 e. The third-order valence-corrected chi connectivity index (χ3v) is 7.60. The zero-order valence-corrected chi connectivity index (χ0v) is 19.4. The Morgan fingerprint density at radius 1 is 0.774 bits per heavy atom. The molecule has 2 heteroatoms. The summed E-state index contributed by atoms with van der Waals surface area (Å²) in [7, 11) is 0. The third-order valence-electron chi connectivity index (χ3n) is 7.10. The van der Waals surface area contributed by atoms with Crippen molar-refractivity contribution in [2.75, 3.05) is 0 Å². The molecule has 31 heavy (non-hydrogen) atoms. The smallest absolute Gasteiger partial charge is 0.0544 e. The van der Waals surface area contributed by atoms with Crippen molar-refractivity contribution in [1.29, 1.82) is 0 Å². The molecule has 0 spiro atoms. The lowest BCUT2D eigenvalue weighted by atomic mass is 9.83. The van der Waals surface area contributed by atoms with Crippen LogP contribution in [0.15, 0.2) is 89.4 Å². The van der Waals surface area contributed by atoms with Crippen molar-refractivity contribution in [1.82, 2.24) is 4.57 Å². The first kappa shape index (κ1) is 18.9. The Labute approximate surface area is 191 Å². The number of halogens is 1. The van der Waals surface area contributed by atoms with Crippen LogP contribution in [0.2, 0.25) is 0 Å². The average molecular weight is 466 g/mol. The van der Waals surface area contributed by atoms with Crippen LogP contribution in [-0.4, -0.2) is 4.57 Å². The van der Waals surface area contributed by atoms with E-state index in [1.165, 1.54) is 49.7 Å². The van der Waals surface area contributed by atoms with E-state index in [1.807, 2.05) is 0 Å². The van der Waals surface area contributed by atoms with Crippen LogP contribution in [0.3, 0.4) is 0 Å². The van der Waals surface area contributed by atoms with Gasteiger partial charge in [-0.25, -0.2) is 0 Å². The molecule has 1 unspecified atom stereocenters. The van der Waals surface area contributed by atoms with Crippen LogP contribution in [0.1, 0.15) is 30.9 Å². The Hall–Kier alpha value is -2.84. The molecule has 0 N–H and O–H groups in total. The molecule has 0 fully saturated rings. The lowest BCUT2D eigenvalue weighted by Crippen LogP contribution is -2.08. The van der Waals surface area contributed by atoms with E-state index in [4.69, 9.17) is 0 Å². The summed E-state index contributed by atoms with van der Waals surface area (Å²) in [4.78, 5) is 0. The van der Waals surface area contributed by atoms with Crippen LogP contribution in [0.25, 0.3) is 38.6 Å². The molecule has 0 saturated carbocycles. The maximum absolute atomic E-state index is 3.67. The van der Waals surface area contributed by atoms with Gasteiger partial charge in [-0.2, -0.15) is 0 Å². The summed E-state index contributed by atoms with van der Waals surface area (Å²) in [5, 5.41) is 2.75. The Balaban J connectivity index is 1.79. The van der Waals surface area contributed by atoms with E-state index in [2.05, 4.69) is 119 Å². The quantitative estimate of drug-likeness (QED) is 0.233. The molecular weight excluding hydrogens is 442 g/mol. The van der Waals surface area contributed by atoms with Gasteiger partial charge in [0.05, 0.1) is 11.0 Å². The van der Waals surface area contributed by atoms with Gasteiger partial charge in [-0.05, 0) is 70.8 Å². The van der Waals surface area contributed by atoms with Gasteiger partial charge in [0.25, 0.3) is 0 Å². The Morgan fingerprint density at radius 2 is 1.58 bits per heavy atom. The summed E-state index contributed by atoms with van der Waals surface area (Å²) in [5.74, 6) is 1.06. The van der Waals surface area contributed by atoms with Crippen molar-refractivity contribution in [2.45, 2.75) is 26.2 Å². The molecule has 0 aliphatic heterocycles. The van der Waals surface area contributed by atoms with Crippen LogP contribution in [-0.2, 0) is 6.42 Å². The first-order valence-electron chi connectivity index (χ1n) is 11.0. The van der Waals surface area contributed by atoms with Gasteiger partial charge in [-0.1, -0.05) is 84.4 Å². The van der Waals surface area contributed by atoms with E-state index in [9.17, 15) is 0 Å².